The molecule has 1 fully saturated rings. The molecule has 6 nitrogen and oxygen atoms in total. The highest BCUT2D eigenvalue weighted by Crippen LogP contribution is 2.24. The van der Waals surface area contributed by atoms with Crippen molar-refractivity contribution >= 4 is 5.91 Å². The predicted octanol–water partition coefficient (Wildman–Crippen LogP) is 1.16. The molecule has 0 spiro atoms. The molecule has 0 saturated carbocycles. The van der Waals surface area contributed by atoms with Crippen molar-refractivity contribution in [3.05, 3.63) is 47.9 Å². The Morgan fingerprint density at radius 1 is 1.55 bits per heavy atom. The molecule has 20 heavy (non-hydrogen) atoms. The molecule has 3 rings (SSSR count). The zero-order valence-electron chi connectivity index (χ0n) is 11.2. The summed E-state index contributed by atoms with van der Waals surface area (Å²) in [7, 11) is 0. The Morgan fingerprint density at radius 2 is 2.45 bits per heavy atom. The topological polar surface area (TPSA) is 71.3 Å². The van der Waals surface area contributed by atoms with Gasteiger partial charge in [0.15, 0.2) is 6.39 Å². The quantitative estimate of drug-likeness (QED) is 0.888. The van der Waals surface area contributed by atoms with Crippen LogP contribution in [-0.2, 0) is 0 Å². The number of oxazole rings is 1. The van der Waals surface area contributed by atoms with Crippen LogP contribution in [0.5, 0.6) is 0 Å². The summed E-state index contributed by atoms with van der Waals surface area (Å²) < 4.78 is 5.23. The van der Waals surface area contributed by atoms with Crippen LogP contribution in [-0.4, -0.2) is 40.4 Å². The molecule has 104 valence electrons. The van der Waals surface area contributed by atoms with Crippen LogP contribution in [0.4, 0.5) is 0 Å². The predicted molar refractivity (Wildman–Crippen MR) is 72.1 cm³/mol. The first-order chi connectivity index (χ1) is 9.77. The number of rotatable bonds is 2. The Balaban J connectivity index is 1.90. The number of nitrogens with one attached hydrogen (secondary N) is 1. The van der Waals surface area contributed by atoms with Crippen LogP contribution in [0.2, 0.25) is 0 Å². The molecule has 0 radical (unpaired) electrons. The van der Waals surface area contributed by atoms with Crippen LogP contribution < -0.4 is 5.32 Å². The maximum absolute atomic E-state index is 12.6. The molecule has 1 N–H and O–H groups in total. The molecular weight excluding hydrogens is 256 g/mol. The minimum absolute atomic E-state index is 0.0329. The van der Waals surface area contributed by atoms with Gasteiger partial charge in [0.25, 0.3) is 5.91 Å². The highest BCUT2D eigenvalue weighted by Gasteiger charge is 2.31. The third kappa shape index (κ3) is 2.30. The Bertz CT molecular complexity index is 596. The number of hydrogen-bond donors (Lipinski definition) is 1. The Kier molecular flexibility index (Phi) is 3.47. The monoisotopic (exact) mass is 272 g/mol. The maximum Gasteiger partial charge on any atom is 0.292 e. The van der Waals surface area contributed by atoms with Gasteiger partial charge in [0, 0.05) is 32.0 Å². The van der Waals surface area contributed by atoms with Gasteiger partial charge in [-0.05, 0) is 18.6 Å². The van der Waals surface area contributed by atoms with Crippen molar-refractivity contribution in [3.63, 3.8) is 0 Å². The molecule has 1 unspecified atom stereocenters. The van der Waals surface area contributed by atoms with Gasteiger partial charge in [-0.1, -0.05) is 6.07 Å². The zero-order chi connectivity index (χ0) is 13.9. The summed E-state index contributed by atoms with van der Waals surface area (Å²) in [4.78, 5) is 22.6. The number of carbonyl (C=O) groups excluding carboxylic acids is 1. The fourth-order valence-corrected chi connectivity index (χ4v) is 2.46. The minimum atomic E-state index is -0.115. The zero-order valence-corrected chi connectivity index (χ0v) is 11.2. The molecule has 3 heterocycles. The van der Waals surface area contributed by atoms with E-state index in [1.807, 2.05) is 17.0 Å². The van der Waals surface area contributed by atoms with Gasteiger partial charge in [0.05, 0.1) is 11.7 Å². The van der Waals surface area contributed by atoms with Crippen molar-refractivity contribution in [2.24, 2.45) is 0 Å². The molecule has 1 amide bonds. The number of nitrogens with zero attached hydrogens (tertiary/aromatic N) is 3. The van der Waals surface area contributed by atoms with E-state index in [1.165, 1.54) is 6.39 Å². The number of aromatic nitrogens is 2. The molecular formula is C14H16N4O2. The maximum atomic E-state index is 12.6. The Labute approximate surface area is 116 Å². The normalized spacial score (nSPS) is 19.1. The van der Waals surface area contributed by atoms with Gasteiger partial charge >= 0.3 is 0 Å². The lowest BCUT2D eigenvalue weighted by molar-refractivity contribution is 0.0600. The lowest BCUT2D eigenvalue weighted by atomic mass is 10.0. The average molecular weight is 272 g/mol. The van der Waals surface area contributed by atoms with Crippen LogP contribution >= 0.6 is 0 Å². The van der Waals surface area contributed by atoms with Crippen molar-refractivity contribution in [2.75, 3.05) is 19.6 Å². The molecule has 1 aliphatic rings. The van der Waals surface area contributed by atoms with E-state index in [9.17, 15) is 4.79 Å². The summed E-state index contributed by atoms with van der Waals surface area (Å²) >= 11 is 0. The molecule has 1 saturated heterocycles. The number of amides is 1. The largest absolute Gasteiger partial charge is 0.438 e. The summed E-state index contributed by atoms with van der Waals surface area (Å²) in [6.07, 6.45) is 4.83. The second kappa shape index (κ2) is 5.42. The van der Waals surface area contributed by atoms with Crippen LogP contribution in [0.3, 0.4) is 0 Å². The van der Waals surface area contributed by atoms with Crippen molar-refractivity contribution in [1.82, 2.24) is 20.2 Å². The molecule has 1 atom stereocenters. The van der Waals surface area contributed by atoms with E-state index < -0.39 is 0 Å². The fraction of sp³-hybridized carbons (Fsp3) is 0.357. The second-order valence-corrected chi connectivity index (χ2v) is 4.77. The lowest BCUT2D eigenvalue weighted by Crippen LogP contribution is -2.48. The first-order valence-corrected chi connectivity index (χ1v) is 6.59. The van der Waals surface area contributed by atoms with Gasteiger partial charge in [-0.3, -0.25) is 9.78 Å². The number of pyridine rings is 1. The molecule has 1 aliphatic heterocycles. The van der Waals surface area contributed by atoms with Gasteiger partial charge in [-0.2, -0.15) is 0 Å². The number of aryl methyl sites for hydroxylation is 1. The molecule has 0 aliphatic carbocycles. The van der Waals surface area contributed by atoms with Crippen LogP contribution in [0.15, 0.2) is 35.3 Å². The standard InChI is InChI=1S/C14H16N4O2/c1-10-13(20-9-17-10)14(19)18-6-5-16-8-12(18)11-3-2-4-15-7-11/h2-4,7,9,12,16H,5-6,8H2,1H3. The highest BCUT2D eigenvalue weighted by atomic mass is 16.3. The van der Waals surface area contributed by atoms with Crippen molar-refractivity contribution in [3.8, 4) is 0 Å². The third-order valence-corrected chi connectivity index (χ3v) is 3.51. The Hall–Kier alpha value is -2.21. The summed E-state index contributed by atoms with van der Waals surface area (Å²) in [5.41, 5.74) is 1.64. The number of piperazine rings is 1. The van der Waals surface area contributed by atoms with E-state index in [0.29, 0.717) is 24.5 Å². The van der Waals surface area contributed by atoms with Crippen LogP contribution in [0.1, 0.15) is 27.9 Å². The first kappa shape index (κ1) is 12.8. The molecule has 0 aromatic carbocycles. The van der Waals surface area contributed by atoms with Gasteiger partial charge < -0.3 is 14.6 Å². The minimum Gasteiger partial charge on any atom is -0.438 e. The Morgan fingerprint density at radius 3 is 3.15 bits per heavy atom. The van der Waals surface area contributed by atoms with Gasteiger partial charge in [-0.15, -0.1) is 0 Å². The summed E-state index contributed by atoms with van der Waals surface area (Å²) in [5.74, 6) is 0.205. The van der Waals surface area contributed by atoms with Crippen LogP contribution in [0.25, 0.3) is 0 Å². The van der Waals surface area contributed by atoms with E-state index in [1.54, 1.807) is 19.3 Å². The van der Waals surface area contributed by atoms with Gasteiger partial charge in [0.1, 0.15) is 0 Å². The van der Waals surface area contributed by atoms with E-state index in [0.717, 1.165) is 12.1 Å². The van der Waals surface area contributed by atoms with Crippen molar-refractivity contribution in [1.29, 1.82) is 0 Å². The second-order valence-electron chi connectivity index (χ2n) is 4.77. The molecule has 0 bridgehead atoms. The van der Waals surface area contributed by atoms with Gasteiger partial charge in [-0.25, -0.2) is 4.98 Å². The van der Waals surface area contributed by atoms with Crippen molar-refractivity contribution in [2.45, 2.75) is 13.0 Å². The first-order valence-electron chi connectivity index (χ1n) is 6.59. The van der Waals surface area contributed by atoms with Gasteiger partial charge in [0.2, 0.25) is 5.76 Å². The summed E-state index contributed by atoms with van der Waals surface area (Å²) in [5, 5.41) is 3.31. The fourth-order valence-electron chi connectivity index (χ4n) is 2.46. The average Bonchev–Trinajstić information content (AvgIpc) is 2.93. The van der Waals surface area contributed by atoms with E-state index in [4.69, 9.17) is 4.42 Å². The summed E-state index contributed by atoms with van der Waals surface area (Å²) in [6, 6.07) is 3.83. The number of carbonyl (C=O) groups is 1. The van der Waals surface area contributed by atoms with Crippen LogP contribution in [0, 0.1) is 6.92 Å². The van der Waals surface area contributed by atoms with Crippen molar-refractivity contribution < 1.29 is 9.21 Å². The number of hydrogen-bond acceptors (Lipinski definition) is 5. The van der Waals surface area contributed by atoms with E-state index in [-0.39, 0.29) is 11.9 Å². The SMILES string of the molecule is Cc1ncoc1C(=O)N1CCNCC1c1cccnc1. The third-order valence-electron chi connectivity index (χ3n) is 3.51. The lowest BCUT2D eigenvalue weighted by Gasteiger charge is -2.35. The smallest absolute Gasteiger partial charge is 0.292 e. The van der Waals surface area contributed by atoms with E-state index in [2.05, 4.69) is 15.3 Å². The summed E-state index contributed by atoms with van der Waals surface area (Å²) in [6.45, 7) is 3.90. The molecule has 2 aromatic heterocycles. The van der Waals surface area contributed by atoms with E-state index >= 15 is 0 Å². The molecule has 2 aromatic rings. The highest BCUT2D eigenvalue weighted by molar-refractivity contribution is 5.92. The molecule has 6 heteroatoms.